The fourth-order valence-corrected chi connectivity index (χ4v) is 4.23. The average Bonchev–Trinajstić information content (AvgIpc) is 2.86. The lowest BCUT2D eigenvalue weighted by molar-refractivity contribution is -0.119. The predicted octanol–water partition coefficient (Wildman–Crippen LogP) is 4.71. The lowest BCUT2D eigenvalue weighted by atomic mass is 10.1. The van der Waals surface area contributed by atoms with Gasteiger partial charge in [-0.15, -0.1) is 11.3 Å². The Morgan fingerprint density at radius 2 is 2.00 bits per heavy atom. The number of rotatable bonds is 4. The number of hydrogen-bond acceptors (Lipinski definition) is 4. The van der Waals surface area contributed by atoms with E-state index in [0.29, 0.717) is 9.35 Å². The first kappa shape index (κ1) is 18.1. The SMILES string of the molecule is O=C(COC(=O)c1cc2c(s1)CCCCC2)Nc1ccc(Br)cc1F. The molecule has 7 heteroatoms. The van der Waals surface area contributed by atoms with E-state index in [0.717, 1.165) is 25.7 Å². The summed E-state index contributed by atoms with van der Waals surface area (Å²) in [7, 11) is 0. The number of halogens is 2. The lowest BCUT2D eigenvalue weighted by Crippen LogP contribution is -2.21. The van der Waals surface area contributed by atoms with Gasteiger partial charge in [0, 0.05) is 9.35 Å². The molecule has 0 saturated carbocycles. The van der Waals surface area contributed by atoms with Crippen LogP contribution in [0.25, 0.3) is 0 Å². The fraction of sp³-hybridized carbons (Fsp3) is 0.333. The van der Waals surface area contributed by atoms with Crippen molar-refractivity contribution in [2.45, 2.75) is 32.1 Å². The number of thiophene rings is 1. The van der Waals surface area contributed by atoms with Crippen molar-refractivity contribution in [3.63, 3.8) is 0 Å². The van der Waals surface area contributed by atoms with Crippen molar-refractivity contribution in [2.24, 2.45) is 0 Å². The molecule has 0 fully saturated rings. The smallest absolute Gasteiger partial charge is 0.348 e. The molecule has 0 spiro atoms. The highest BCUT2D eigenvalue weighted by Crippen LogP contribution is 2.29. The van der Waals surface area contributed by atoms with Gasteiger partial charge in [0.25, 0.3) is 5.91 Å². The number of esters is 1. The molecule has 2 aromatic rings. The summed E-state index contributed by atoms with van der Waals surface area (Å²) in [5, 5.41) is 2.39. The van der Waals surface area contributed by atoms with E-state index in [1.807, 2.05) is 6.07 Å². The monoisotopic (exact) mass is 425 g/mol. The van der Waals surface area contributed by atoms with Crippen molar-refractivity contribution in [3.8, 4) is 0 Å². The average molecular weight is 426 g/mol. The molecule has 1 aromatic carbocycles. The molecule has 3 rings (SSSR count). The van der Waals surface area contributed by atoms with Crippen LogP contribution < -0.4 is 5.32 Å². The van der Waals surface area contributed by atoms with Crippen LogP contribution >= 0.6 is 27.3 Å². The number of nitrogens with one attached hydrogen (secondary N) is 1. The quantitative estimate of drug-likeness (QED) is 0.569. The maximum Gasteiger partial charge on any atom is 0.348 e. The van der Waals surface area contributed by atoms with Crippen LogP contribution in [-0.2, 0) is 22.4 Å². The zero-order valence-corrected chi connectivity index (χ0v) is 15.8. The van der Waals surface area contributed by atoms with Crippen molar-refractivity contribution in [1.29, 1.82) is 0 Å². The number of hydrogen-bond donors (Lipinski definition) is 1. The van der Waals surface area contributed by atoms with E-state index in [2.05, 4.69) is 21.2 Å². The highest BCUT2D eigenvalue weighted by atomic mass is 79.9. The number of aryl methyl sites for hydroxylation is 2. The molecule has 1 aliphatic carbocycles. The molecule has 1 heterocycles. The molecule has 0 unspecified atom stereocenters. The van der Waals surface area contributed by atoms with Crippen molar-refractivity contribution in [2.75, 3.05) is 11.9 Å². The molecule has 0 atom stereocenters. The Kier molecular flexibility index (Phi) is 5.86. The minimum Gasteiger partial charge on any atom is -0.451 e. The van der Waals surface area contributed by atoms with E-state index in [4.69, 9.17) is 4.74 Å². The fourth-order valence-electron chi connectivity index (χ4n) is 2.75. The third kappa shape index (κ3) is 4.67. The molecule has 0 saturated heterocycles. The Hall–Kier alpha value is -1.73. The van der Waals surface area contributed by atoms with Crippen molar-refractivity contribution in [3.05, 3.63) is 49.9 Å². The Bertz CT molecular complexity index is 782. The van der Waals surface area contributed by atoms with Crippen LogP contribution in [0.2, 0.25) is 0 Å². The molecule has 0 bridgehead atoms. The van der Waals surface area contributed by atoms with Crippen LogP contribution in [0.3, 0.4) is 0 Å². The van der Waals surface area contributed by atoms with Gasteiger partial charge >= 0.3 is 5.97 Å². The summed E-state index contributed by atoms with van der Waals surface area (Å²) in [4.78, 5) is 25.8. The van der Waals surface area contributed by atoms with Gasteiger partial charge in [-0.2, -0.15) is 0 Å². The van der Waals surface area contributed by atoms with Crippen molar-refractivity contribution in [1.82, 2.24) is 0 Å². The minimum absolute atomic E-state index is 0.0482. The van der Waals surface area contributed by atoms with Crippen LogP contribution in [0.4, 0.5) is 10.1 Å². The minimum atomic E-state index is -0.576. The summed E-state index contributed by atoms with van der Waals surface area (Å²) in [6, 6.07) is 6.18. The summed E-state index contributed by atoms with van der Waals surface area (Å²) in [5.74, 6) is -1.65. The maximum atomic E-state index is 13.7. The van der Waals surface area contributed by atoms with Crippen LogP contribution in [0.15, 0.2) is 28.7 Å². The van der Waals surface area contributed by atoms with Gasteiger partial charge in [0.1, 0.15) is 10.7 Å². The van der Waals surface area contributed by atoms with Gasteiger partial charge in [0.05, 0.1) is 5.69 Å². The number of carbonyl (C=O) groups excluding carboxylic acids is 2. The Labute approximate surface area is 157 Å². The zero-order valence-electron chi connectivity index (χ0n) is 13.4. The second kappa shape index (κ2) is 8.10. The van der Waals surface area contributed by atoms with Crippen LogP contribution in [0, 0.1) is 5.82 Å². The van der Waals surface area contributed by atoms with E-state index in [9.17, 15) is 14.0 Å². The first-order valence-electron chi connectivity index (χ1n) is 8.06. The van der Waals surface area contributed by atoms with Gasteiger partial charge in [-0.1, -0.05) is 22.4 Å². The molecule has 0 radical (unpaired) electrons. The normalized spacial score (nSPS) is 13.7. The molecule has 1 aromatic heterocycles. The Morgan fingerprint density at radius 1 is 1.20 bits per heavy atom. The van der Waals surface area contributed by atoms with E-state index in [1.165, 1.54) is 40.3 Å². The number of ether oxygens (including phenoxy) is 1. The molecule has 1 aliphatic rings. The van der Waals surface area contributed by atoms with Crippen LogP contribution in [0.1, 0.15) is 39.4 Å². The van der Waals surface area contributed by atoms with Gasteiger partial charge in [-0.25, -0.2) is 9.18 Å². The zero-order chi connectivity index (χ0) is 17.8. The summed E-state index contributed by atoms with van der Waals surface area (Å²) in [6.07, 6.45) is 5.48. The van der Waals surface area contributed by atoms with E-state index in [1.54, 1.807) is 6.07 Å². The number of amides is 1. The Balaban J connectivity index is 1.56. The topological polar surface area (TPSA) is 55.4 Å². The highest BCUT2D eigenvalue weighted by Gasteiger charge is 2.18. The number of fused-ring (bicyclic) bond motifs is 1. The number of carbonyl (C=O) groups is 2. The van der Waals surface area contributed by atoms with Gasteiger partial charge in [-0.05, 0) is 55.5 Å². The molecular weight excluding hydrogens is 409 g/mol. The molecule has 1 amide bonds. The van der Waals surface area contributed by atoms with E-state index < -0.39 is 24.3 Å². The lowest BCUT2D eigenvalue weighted by Gasteiger charge is -2.07. The summed E-state index contributed by atoms with van der Waals surface area (Å²) >= 11 is 4.59. The largest absolute Gasteiger partial charge is 0.451 e. The highest BCUT2D eigenvalue weighted by molar-refractivity contribution is 9.10. The number of anilines is 1. The molecule has 25 heavy (non-hydrogen) atoms. The third-order valence-electron chi connectivity index (χ3n) is 3.99. The molecule has 132 valence electrons. The van der Waals surface area contributed by atoms with Gasteiger partial charge in [0.15, 0.2) is 6.61 Å². The van der Waals surface area contributed by atoms with Crippen molar-refractivity contribution < 1.29 is 18.7 Å². The predicted molar refractivity (Wildman–Crippen MR) is 98.6 cm³/mol. The number of benzene rings is 1. The van der Waals surface area contributed by atoms with Gasteiger partial charge in [0.2, 0.25) is 0 Å². The maximum absolute atomic E-state index is 13.7. The molecule has 4 nitrogen and oxygen atoms in total. The van der Waals surface area contributed by atoms with Crippen LogP contribution in [-0.4, -0.2) is 18.5 Å². The van der Waals surface area contributed by atoms with E-state index >= 15 is 0 Å². The van der Waals surface area contributed by atoms with Crippen molar-refractivity contribution >= 4 is 44.8 Å². The molecule has 1 N–H and O–H groups in total. The summed E-state index contributed by atoms with van der Waals surface area (Å²) in [6.45, 7) is -0.448. The van der Waals surface area contributed by atoms with E-state index in [-0.39, 0.29) is 5.69 Å². The second-order valence-corrected chi connectivity index (χ2v) is 7.92. The first-order valence-corrected chi connectivity index (χ1v) is 9.67. The van der Waals surface area contributed by atoms with Gasteiger partial charge in [-0.3, -0.25) is 4.79 Å². The van der Waals surface area contributed by atoms with Crippen LogP contribution in [0.5, 0.6) is 0 Å². The molecular formula is C18H17BrFNO3S. The standard InChI is InChI=1S/C18H17BrFNO3S/c19-12-6-7-14(13(20)9-12)21-17(22)10-24-18(23)16-8-11-4-2-1-3-5-15(11)25-16/h6-9H,1-5,10H2,(H,21,22). The third-order valence-corrected chi connectivity index (χ3v) is 5.70. The second-order valence-electron chi connectivity index (χ2n) is 5.87. The van der Waals surface area contributed by atoms with Gasteiger partial charge < -0.3 is 10.1 Å². The summed E-state index contributed by atoms with van der Waals surface area (Å²) in [5.41, 5.74) is 1.27. The first-order chi connectivity index (χ1) is 12.0. The Morgan fingerprint density at radius 3 is 2.80 bits per heavy atom. The summed E-state index contributed by atoms with van der Waals surface area (Å²) < 4.78 is 19.3. The molecule has 0 aliphatic heterocycles.